The van der Waals surface area contributed by atoms with Gasteiger partial charge in [0.25, 0.3) is 0 Å². The second-order valence-corrected chi connectivity index (χ2v) is 5.19. The average Bonchev–Trinajstić information content (AvgIpc) is 2.45. The quantitative estimate of drug-likeness (QED) is 0.542. The molecule has 4 heteroatoms. The Morgan fingerprint density at radius 3 is 2.05 bits per heavy atom. The zero-order valence-electron chi connectivity index (χ0n) is 10.8. The predicted octanol–water partition coefficient (Wildman–Crippen LogP) is 5.59. The second kappa shape index (κ2) is 5.41. The molecule has 1 unspecified atom stereocenters. The van der Waals surface area contributed by atoms with Gasteiger partial charge in [-0.1, -0.05) is 36.4 Å². The second-order valence-electron chi connectivity index (χ2n) is 4.75. The van der Waals surface area contributed by atoms with Gasteiger partial charge in [-0.15, -0.1) is 11.6 Å². The lowest BCUT2D eigenvalue weighted by atomic mass is 10.00. The van der Waals surface area contributed by atoms with Gasteiger partial charge in [-0.3, -0.25) is 0 Å². The molecule has 0 aromatic heterocycles. The monoisotopic (exact) mass is 306 g/mol. The van der Waals surface area contributed by atoms with Crippen LogP contribution in [0, 0.1) is 17.5 Å². The topological polar surface area (TPSA) is 0 Å². The molecule has 0 aliphatic rings. The third-order valence-corrected chi connectivity index (χ3v) is 3.83. The summed E-state index contributed by atoms with van der Waals surface area (Å²) < 4.78 is 40.6. The minimum absolute atomic E-state index is 0.339. The highest BCUT2D eigenvalue weighted by atomic mass is 35.5. The molecule has 0 radical (unpaired) electrons. The number of halogens is 4. The van der Waals surface area contributed by atoms with Crippen molar-refractivity contribution in [1.29, 1.82) is 0 Å². The fourth-order valence-electron chi connectivity index (χ4n) is 2.33. The van der Waals surface area contributed by atoms with Crippen LogP contribution < -0.4 is 0 Å². The van der Waals surface area contributed by atoms with Crippen LogP contribution in [0.1, 0.15) is 16.5 Å². The van der Waals surface area contributed by atoms with E-state index in [2.05, 4.69) is 0 Å². The SMILES string of the molecule is Fc1cc(F)c(C(Cl)c2ccc3ccccc3c2)c(F)c1. The van der Waals surface area contributed by atoms with Crippen LogP contribution in [0.5, 0.6) is 0 Å². The Hall–Kier alpha value is -2.00. The zero-order valence-corrected chi connectivity index (χ0v) is 11.5. The van der Waals surface area contributed by atoms with Gasteiger partial charge in [-0.05, 0) is 22.4 Å². The maximum Gasteiger partial charge on any atom is 0.134 e. The molecule has 1 atom stereocenters. The highest BCUT2D eigenvalue weighted by Crippen LogP contribution is 2.34. The third-order valence-electron chi connectivity index (χ3n) is 3.36. The van der Waals surface area contributed by atoms with Crippen molar-refractivity contribution in [3.8, 4) is 0 Å². The van der Waals surface area contributed by atoms with Gasteiger partial charge in [0.1, 0.15) is 17.5 Å². The fraction of sp³-hybridized carbons (Fsp3) is 0.0588. The maximum absolute atomic E-state index is 13.8. The van der Waals surface area contributed by atoms with Gasteiger partial charge < -0.3 is 0 Å². The summed E-state index contributed by atoms with van der Waals surface area (Å²) in [6, 6.07) is 14.2. The molecule has 106 valence electrons. The number of hydrogen-bond acceptors (Lipinski definition) is 0. The van der Waals surface area contributed by atoms with Crippen molar-refractivity contribution < 1.29 is 13.2 Å². The van der Waals surface area contributed by atoms with Gasteiger partial charge in [-0.2, -0.15) is 0 Å². The Balaban J connectivity index is 2.10. The number of rotatable bonds is 2. The molecule has 0 saturated heterocycles. The number of alkyl halides is 1. The Morgan fingerprint density at radius 1 is 0.762 bits per heavy atom. The van der Waals surface area contributed by atoms with Crippen molar-refractivity contribution in [1.82, 2.24) is 0 Å². The lowest BCUT2D eigenvalue weighted by Gasteiger charge is -2.13. The van der Waals surface area contributed by atoms with Crippen molar-refractivity contribution in [2.45, 2.75) is 5.38 Å². The largest absolute Gasteiger partial charge is 0.207 e. The number of hydrogen-bond donors (Lipinski definition) is 0. The van der Waals surface area contributed by atoms with Crippen molar-refractivity contribution in [2.24, 2.45) is 0 Å². The number of benzene rings is 3. The normalized spacial score (nSPS) is 12.6. The Kier molecular flexibility index (Phi) is 3.60. The van der Waals surface area contributed by atoms with Crippen LogP contribution in [0.2, 0.25) is 0 Å². The van der Waals surface area contributed by atoms with Crippen molar-refractivity contribution in [2.75, 3.05) is 0 Å². The standard InChI is InChI=1S/C17H10ClF3/c18-17(16-14(20)8-13(19)9-15(16)21)12-6-5-10-3-1-2-4-11(10)7-12/h1-9,17H. The maximum atomic E-state index is 13.8. The minimum Gasteiger partial charge on any atom is -0.207 e. The first-order valence-electron chi connectivity index (χ1n) is 6.33. The van der Waals surface area contributed by atoms with Gasteiger partial charge in [0.05, 0.1) is 5.38 Å². The first-order chi connectivity index (χ1) is 10.1. The molecule has 0 spiro atoms. The highest BCUT2D eigenvalue weighted by molar-refractivity contribution is 6.22. The molecule has 0 fully saturated rings. The van der Waals surface area contributed by atoms with Crippen LogP contribution in [-0.2, 0) is 0 Å². The van der Waals surface area contributed by atoms with Crippen molar-refractivity contribution in [3.63, 3.8) is 0 Å². The molecule has 0 aliphatic carbocycles. The fourth-order valence-corrected chi connectivity index (χ4v) is 2.67. The van der Waals surface area contributed by atoms with Crippen LogP contribution in [0.15, 0.2) is 54.6 Å². The summed E-state index contributed by atoms with van der Waals surface area (Å²) in [5.74, 6) is -2.93. The van der Waals surface area contributed by atoms with Gasteiger partial charge in [-0.25, -0.2) is 13.2 Å². The molecule has 21 heavy (non-hydrogen) atoms. The van der Waals surface area contributed by atoms with Crippen LogP contribution in [0.4, 0.5) is 13.2 Å². The van der Waals surface area contributed by atoms with Gasteiger partial charge in [0.15, 0.2) is 0 Å². The lowest BCUT2D eigenvalue weighted by molar-refractivity contribution is 0.526. The number of fused-ring (bicyclic) bond motifs is 1. The summed E-state index contributed by atoms with van der Waals surface area (Å²) in [7, 11) is 0. The van der Waals surface area contributed by atoms with E-state index >= 15 is 0 Å². The van der Waals surface area contributed by atoms with Gasteiger partial charge in [0, 0.05) is 17.7 Å². The molecule has 0 heterocycles. The molecule has 0 amide bonds. The molecule has 3 aromatic carbocycles. The summed E-state index contributed by atoms with van der Waals surface area (Å²) >= 11 is 6.19. The van der Waals surface area contributed by atoms with E-state index in [1.807, 2.05) is 30.3 Å². The first-order valence-corrected chi connectivity index (χ1v) is 6.77. The summed E-state index contributed by atoms with van der Waals surface area (Å²) in [5.41, 5.74) is 0.216. The highest BCUT2D eigenvalue weighted by Gasteiger charge is 2.21. The van der Waals surface area contributed by atoms with Crippen LogP contribution >= 0.6 is 11.6 Å². The average molecular weight is 307 g/mol. The molecule has 3 aromatic rings. The van der Waals surface area contributed by atoms with E-state index in [-0.39, 0.29) is 5.56 Å². The molecular formula is C17H10ClF3. The summed E-state index contributed by atoms with van der Waals surface area (Å²) in [6.07, 6.45) is 0. The van der Waals surface area contributed by atoms with E-state index in [1.165, 1.54) is 0 Å². The van der Waals surface area contributed by atoms with E-state index in [0.29, 0.717) is 17.7 Å². The zero-order chi connectivity index (χ0) is 15.0. The Labute approximate surface area is 124 Å². The summed E-state index contributed by atoms with van der Waals surface area (Å²) in [5, 5.41) is 0.906. The van der Waals surface area contributed by atoms with E-state index < -0.39 is 22.8 Å². The summed E-state index contributed by atoms with van der Waals surface area (Å²) in [4.78, 5) is 0. The van der Waals surface area contributed by atoms with Crippen molar-refractivity contribution >= 4 is 22.4 Å². The third kappa shape index (κ3) is 2.61. The molecule has 0 saturated carbocycles. The molecule has 3 rings (SSSR count). The van der Waals surface area contributed by atoms with E-state index in [9.17, 15) is 13.2 Å². The molecular weight excluding hydrogens is 297 g/mol. The minimum atomic E-state index is -1.02. The van der Waals surface area contributed by atoms with E-state index in [0.717, 1.165) is 10.8 Å². The predicted molar refractivity (Wildman–Crippen MR) is 78.0 cm³/mol. The lowest BCUT2D eigenvalue weighted by Crippen LogP contribution is -2.02. The van der Waals surface area contributed by atoms with Crippen LogP contribution in [0.25, 0.3) is 10.8 Å². The van der Waals surface area contributed by atoms with Gasteiger partial charge >= 0.3 is 0 Å². The molecule has 0 bridgehead atoms. The van der Waals surface area contributed by atoms with Gasteiger partial charge in [0.2, 0.25) is 0 Å². The Bertz CT molecular complexity index is 791. The molecule has 0 nitrogen and oxygen atoms in total. The first kappa shape index (κ1) is 14.0. The van der Waals surface area contributed by atoms with Crippen LogP contribution in [-0.4, -0.2) is 0 Å². The Morgan fingerprint density at radius 2 is 1.38 bits per heavy atom. The van der Waals surface area contributed by atoms with E-state index in [1.54, 1.807) is 12.1 Å². The summed E-state index contributed by atoms with van der Waals surface area (Å²) in [6.45, 7) is 0. The van der Waals surface area contributed by atoms with Crippen molar-refractivity contribution in [3.05, 3.63) is 83.2 Å². The molecule has 0 aliphatic heterocycles. The van der Waals surface area contributed by atoms with E-state index in [4.69, 9.17) is 11.6 Å². The van der Waals surface area contributed by atoms with Crippen LogP contribution in [0.3, 0.4) is 0 Å². The smallest absolute Gasteiger partial charge is 0.134 e. The molecule has 0 N–H and O–H groups in total.